The zero-order chi connectivity index (χ0) is 11.6. The van der Waals surface area contributed by atoms with Crippen molar-refractivity contribution in [1.82, 2.24) is 4.90 Å². The summed E-state index contributed by atoms with van der Waals surface area (Å²) in [6.45, 7) is 5.14. The van der Waals surface area contributed by atoms with Crippen LogP contribution in [0.1, 0.15) is 25.3 Å². The smallest absolute Gasteiger partial charge is 0.0921 e. The molecule has 3 heteroatoms. The molecular formula is C13H20N2O. The molecule has 1 aliphatic rings. The first kappa shape index (κ1) is 11.4. The molecule has 88 valence electrons. The van der Waals surface area contributed by atoms with Gasteiger partial charge in [0.25, 0.3) is 0 Å². The summed E-state index contributed by atoms with van der Waals surface area (Å²) in [7, 11) is 0. The number of anilines is 1. The molecule has 1 aromatic carbocycles. The Morgan fingerprint density at radius 1 is 1.38 bits per heavy atom. The van der Waals surface area contributed by atoms with Gasteiger partial charge in [-0.25, -0.2) is 0 Å². The fourth-order valence-electron chi connectivity index (χ4n) is 2.36. The van der Waals surface area contributed by atoms with Gasteiger partial charge in [-0.15, -0.1) is 0 Å². The number of hydrogen-bond donors (Lipinski definition) is 2. The van der Waals surface area contributed by atoms with Gasteiger partial charge >= 0.3 is 0 Å². The third kappa shape index (κ3) is 2.20. The highest BCUT2D eigenvalue weighted by Crippen LogP contribution is 2.33. The summed E-state index contributed by atoms with van der Waals surface area (Å²) in [6.07, 6.45) is 1.59. The standard InChI is InChI=1S/C13H20N2O/c1-2-15-8-6-13(16,7-9-15)11-4-3-5-12(14)10-11/h3-5,10,16H,2,6-9,14H2,1H3. The van der Waals surface area contributed by atoms with Crippen LogP contribution in [0.3, 0.4) is 0 Å². The van der Waals surface area contributed by atoms with Gasteiger partial charge in [-0.05, 0) is 37.1 Å². The van der Waals surface area contributed by atoms with Crippen LogP contribution in [-0.2, 0) is 5.60 Å². The molecule has 0 aliphatic carbocycles. The largest absolute Gasteiger partial charge is 0.399 e. The van der Waals surface area contributed by atoms with Gasteiger partial charge in [0, 0.05) is 18.8 Å². The van der Waals surface area contributed by atoms with Gasteiger partial charge < -0.3 is 15.7 Å². The summed E-state index contributed by atoms with van der Waals surface area (Å²) in [5.74, 6) is 0. The van der Waals surface area contributed by atoms with Crippen molar-refractivity contribution < 1.29 is 5.11 Å². The van der Waals surface area contributed by atoms with E-state index in [-0.39, 0.29) is 0 Å². The lowest BCUT2D eigenvalue weighted by Crippen LogP contribution is -2.42. The molecule has 0 bridgehead atoms. The molecule has 0 saturated carbocycles. The van der Waals surface area contributed by atoms with Crippen LogP contribution in [0.5, 0.6) is 0 Å². The van der Waals surface area contributed by atoms with Crippen LogP contribution in [0.15, 0.2) is 24.3 Å². The second-order valence-corrected chi connectivity index (χ2v) is 4.59. The molecule has 0 amide bonds. The Bertz CT molecular complexity index is 357. The van der Waals surface area contributed by atoms with Crippen LogP contribution >= 0.6 is 0 Å². The third-order valence-electron chi connectivity index (χ3n) is 3.55. The molecule has 3 nitrogen and oxygen atoms in total. The number of likely N-dealkylation sites (tertiary alicyclic amines) is 1. The number of nitrogens with zero attached hydrogens (tertiary/aromatic N) is 1. The quantitative estimate of drug-likeness (QED) is 0.744. The van der Waals surface area contributed by atoms with E-state index in [1.165, 1.54) is 0 Å². The van der Waals surface area contributed by atoms with E-state index in [0.29, 0.717) is 0 Å². The van der Waals surface area contributed by atoms with Crippen molar-refractivity contribution in [2.45, 2.75) is 25.4 Å². The molecule has 2 rings (SSSR count). The maximum Gasteiger partial charge on any atom is 0.0921 e. The number of piperidine rings is 1. The molecule has 1 fully saturated rings. The van der Waals surface area contributed by atoms with E-state index in [1.54, 1.807) is 0 Å². The normalized spacial score (nSPS) is 20.9. The van der Waals surface area contributed by atoms with E-state index < -0.39 is 5.60 Å². The first-order chi connectivity index (χ1) is 7.64. The average Bonchev–Trinajstić information content (AvgIpc) is 2.30. The van der Waals surface area contributed by atoms with Gasteiger partial charge in [0.05, 0.1) is 5.60 Å². The highest BCUT2D eigenvalue weighted by Gasteiger charge is 2.33. The number of rotatable bonds is 2. The minimum atomic E-state index is -0.680. The Labute approximate surface area is 96.9 Å². The molecule has 0 spiro atoms. The van der Waals surface area contributed by atoms with E-state index in [0.717, 1.165) is 43.7 Å². The van der Waals surface area contributed by atoms with Crippen molar-refractivity contribution in [3.8, 4) is 0 Å². The van der Waals surface area contributed by atoms with Gasteiger partial charge in [0.1, 0.15) is 0 Å². The average molecular weight is 220 g/mol. The lowest BCUT2D eigenvalue weighted by molar-refractivity contribution is -0.0246. The SMILES string of the molecule is CCN1CCC(O)(c2cccc(N)c2)CC1. The maximum absolute atomic E-state index is 10.6. The molecule has 1 aliphatic heterocycles. The summed E-state index contributed by atoms with van der Waals surface area (Å²) >= 11 is 0. The van der Waals surface area contributed by atoms with Crippen LogP contribution in [0, 0.1) is 0 Å². The predicted molar refractivity (Wildman–Crippen MR) is 66.1 cm³/mol. The van der Waals surface area contributed by atoms with Crippen molar-refractivity contribution in [2.75, 3.05) is 25.4 Å². The zero-order valence-corrected chi connectivity index (χ0v) is 9.82. The number of hydrogen-bond acceptors (Lipinski definition) is 3. The van der Waals surface area contributed by atoms with E-state index >= 15 is 0 Å². The lowest BCUT2D eigenvalue weighted by Gasteiger charge is -2.38. The molecule has 0 radical (unpaired) electrons. The van der Waals surface area contributed by atoms with Gasteiger partial charge in [0.15, 0.2) is 0 Å². The molecule has 16 heavy (non-hydrogen) atoms. The summed E-state index contributed by atoms with van der Waals surface area (Å²) < 4.78 is 0. The first-order valence-electron chi connectivity index (χ1n) is 5.95. The Hall–Kier alpha value is -1.06. The summed E-state index contributed by atoms with van der Waals surface area (Å²) in [6, 6.07) is 7.63. The van der Waals surface area contributed by atoms with Crippen molar-refractivity contribution in [3.05, 3.63) is 29.8 Å². The van der Waals surface area contributed by atoms with Gasteiger partial charge in [-0.3, -0.25) is 0 Å². The maximum atomic E-state index is 10.6. The third-order valence-corrected chi connectivity index (χ3v) is 3.55. The molecular weight excluding hydrogens is 200 g/mol. The molecule has 3 N–H and O–H groups in total. The van der Waals surface area contributed by atoms with E-state index in [4.69, 9.17) is 5.73 Å². The van der Waals surface area contributed by atoms with Gasteiger partial charge in [-0.2, -0.15) is 0 Å². The molecule has 0 atom stereocenters. The molecule has 1 heterocycles. The fraction of sp³-hybridized carbons (Fsp3) is 0.538. The topological polar surface area (TPSA) is 49.5 Å². The number of benzene rings is 1. The summed E-state index contributed by atoms with van der Waals surface area (Å²) in [4.78, 5) is 2.36. The number of nitrogens with two attached hydrogens (primary N) is 1. The summed E-state index contributed by atoms with van der Waals surface area (Å²) in [5.41, 5.74) is 6.76. The first-order valence-corrected chi connectivity index (χ1v) is 5.95. The monoisotopic (exact) mass is 220 g/mol. The van der Waals surface area contributed by atoms with Gasteiger partial charge in [-0.1, -0.05) is 19.1 Å². The molecule has 1 saturated heterocycles. The predicted octanol–water partition coefficient (Wildman–Crippen LogP) is 1.57. The van der Waals surface area contributed by atoms with Crippen molar-refractivity contribution >= 4 is 5.69 Å². The van der Waals surface area contributed by atoms with Crippen molar-refractivity contribution in [1.29, 1.82) is 0 Å². The van der Waals surface area contributed by atoms with Crippen LogP contribution in [0.4, 0.5) is 5.69 Å². The summed E-state index contributed by atoms with van der Waals surface area (Å²) in [5, 5.41) is 10.6. The van der Waals surface area contributed by atoms with Crippen LogP contribution < -0.4 is 5.73 Å². The Morgan fingerprint density at radius 2 is 2.06 bits per heavy atom. The highest BCUT2D eigenvalue weighted by atomic mass is 16.3. The van der Waals surface area contributed by atoms with Crippen LogP contribution in [0.2, 0.25) is 0 Å². The zero-order valence-electron chi connectivity index (χ0n) is 9.82. The highest BCUT2D eigenvalue weighted by molar-refractivity contribution is 5.42. The molecule has 0 aromatic heterocycles. The number of nitrogen functional groups attached to an aromatic ring is 1. The number of aliphatic hydroxyl groups is 1. The van der Waals surface area contributed by atoms with E-state index in [1.807, 2.05) is 24.3 Å². The van der Waals surface area contributed by atoms with Gasteiger partial charge in [0.2, 0.25) is 0 Å². The Balaban J connectivity index is 2.15. The van der Waals surface area contributed by atoms with Crippen molar-refractivity contribution in [3.63, 3.8) is 0 Å². The molecule has 0 unspecified atom stereocenters. The second-order valence-electron chi connectivity index (χ2n) is 4.59. The Morgan fingerprint density at radius 3 is 2.62 bits per heavy atom. The van der Waals surface area contributed by atoms with E-state index in [2.05, 4.69) is 11.8 Å². The van der Waals surface area contributed by atoms with Crippen LogP contribution in [0.25, 0.3) is 0 Å². The lowest BCUT2D eigenvalue weighted by atomic mass is 9.84. The second kappa shape index (κ2) is 4.44. The Kier molecular flexibility index (Phi) is 3.17. The van der Waals surface area contributed by atoms with Crippen LogP contribution in [-0.4, -0.2) is 29.6 Å². The van der Waals surface area contributed by atoms with E-state index in [9.17, 15) is 5.11 Å². The molecule has 1 aromatic rings. The minimum absolute atomic E-state index is 0.680. The minimum Gasteiger partial charge on any atom is -0.399 e. The van der Waals surface area contributed by atoms with Crippen molar-refractivity contribution in [2.24, 2.45) is 0 Å². The fourth-order valence-corrected chi connectivity index (χ4v) is 2.36.